The number of rotatable bonds is 6. The van der Waals surface area contributed by atoms with Crippen LogP contribution in [0.3, 0.4) is 0 Å². The molecule has 0 spiro atoms. The third-order valence-corrected chi connectivity index (χ3v) is 6.85. The van der Waals surface area contributed by atoms with Crippen molar-refractivity contribution in [2.45, 2.75) is 32.2 Å². The molecule has 2 aliphatic heterocycles. The fourth-order valence-corrected chi connectivity index (χ4v) is 5.04. The summed E-state index contributed by atoms with van der Waals surface area (Å²) >= 11 is 2.72. The smallest absolute Gasteiger partial charge is 0.236 e. The van der Waals surface area contributed by atoms with Crippen molar-refractivity contribution in [3.8, 4) is 22.8 Å². The van der Waals surface area contributed by atoms with E-state index in [0.717, 1.165) is 36.4 Å². The van der Waals surface area contributed by atoms with E-state index in [-0.39, 0.29) is 17.6 Å². The molecule has 9 heteroatoms. The lowest BCUT2D eigenvalue weighted by molar-refractivity contribution is -0.131. The van der Waals surface area contributed by atoms with Crippen LogP contribution in [0.25, 0.3) is 11.3 Å². The number of aromatic nitrogens is 1. The maximum atomic E-state index is 12.4. The van der Waals surface area contributed by atoms with Crippen LogP contribution in [0.1, 0.15) is 26.2 Å². The number of piperidine rings is 1. The highest BCUT2D eigenvalue weighted by atomic mass is 32.2. The number of nitrogens with one attached hydrogen (secondary N) is 1. The summed E-state index contributed by atoms with van der Waals surface area (Å²) in [5.74, 6) is 1.98. The summed E-state index contributed by atoms with van der Waals surface area (Å²) < 4.78 is 11.2. The molecule has 1 fully saturated rings. The maximum absolute atomic E-state index is 12.4. The highest BCUT2D eigenvalue weighted by molar-refractivity contribution is 8.00. The molecule has 4 rings (SSSR count). The van der Waals surface area contributed by atoms with Gasteiger partial charge in [-0.05, 0) is 44.4 Å². The van der Waals surface area contributed by atoms with Gasteiger partial charge in [0.25, 0.3) is 0 Å². The lowest BCUT2D eigenvalue weighted by Gasteiger charge is -2.33. The zero-order valence-corrected chi connectivity index (χ0v) is 18.5. The Balaban J connectivity index is 1.26. The van der Waals surface area contributed by atoms with Crippen molar-refractivity contribution in [3.05, 3.63) is 23.6 Å². The molecule has 1 saturated heterocycles. The predicted octanol–water partition coefficient (Wildman–Crippen LogP) is 3.65. The first kappa shape index (κ1) is 21.0. The monoisotopic (exact) mass is 447 g/mol. The third-order valence-electron chi connectivity index (χ3n) is 5.17. The number of nitrogens with zero attached hydrogens (tertiary/aromatic N) is 2. The molecule has 30 heavy (non-hydrogen) atoms. The molecule has 1 unspecified atom stereocenters. The first-order chi connectivity index (χ1) is 14.6. The normalized spacial score (nSPS) is 18.2. The van der Waals surface area contributed by atoms with Gasteiger partial charge in [0, 0.05) is 23.5 Å². The molecule has 0 bridgehead atoms. The topological polar surface area (TPSA) is 80.8 Å². The summed E-state index contributed by atoms with van der Waals surface area (Å²) in [7, 11) is 0. The van der Waals surface area contributed by atoms with E-state index in [1.807, 2.05) is 28.5 Å². The second-order valence-corrected chi connectivity index (χ2v) is 9.21. The Morgan fingerprint density at radius 3 is 2.90 bits per heavy atom. The Hall–Kier alpha value is -2.26. The van der Waals surface area contributed by atoms with Crippen LogP contribution < -0.4 is 14.8 Å². The number of carbonyl (C=O) groups excluding carboxylic acids is 2. The number of carbonyl (C=O) groups is 2. The summed E-state index contributed by atoms with van der Waals surface area (Å²) in [4.78, 5) is 31.0. The fourth-order valence-electron chi connectivity index (χ4n) is 3.60. The van der Waals surface area contributed by atoms with Crippen LogP contribution in [0.15, 0.2) is 23.6 Å². The quantitative estimate of drug-likeness (QED) is 0.728. The van der Waals surface area contributed by atoms with Crippen LogP contribution in [0.2, 0.25) is 0 Å². The zero-order valence-electron chi connectivity index (χ0n) is 16.9. The van der Waals surface area contributed by atoms with Gasteiger partial charge in [-0.3, -0.25) is 9.59 Å². The lowest BCUT2D eigenvalue weighted by Crippen LogP contribution is -2.43. The number of amides is 2. The summed E-state index contributed by atoms with van der Waals surface area (Å²) in [5.41, 5.74) is 1.68. The third kappa shape index (κ3) is 5.07. The van der Waals surface area contributed by atoms with Crippen molar-refractivity contribution < 1.29 is 19.1 Å². The zero-order chi connectivity index (χ0) is 20.9. The fraction of sp³-hybridized carbons (Fsp3) is 0.476. The van der Waals surface area contributed by atoms with E-state index >= 15 is 0 Å². The minimum atomic E-state index is -0.150. The van der Waals surface area contributed by atoms with E-state index in [0.29, 0.717) is 35.9 Å². The first-order valence-electron chi connectivity index (χ1n) is 10.1. The Kier molecular flexibility index (Phi) is 6.79. The Morgan fingerprint density at radius 2 is 2.07 bits per heavy atom. The first-order valence-corrected chi connectivity index (χ1v) is 12.2. The number of hydrogen-bond acceptors (Lipinski definition) is 7. The minimum Gasteiger partial charge on any atom is -0.486 e. The van der Waals surface area contributed by atoms with E-state index < -0.39 is 0 Å². The second-order valence-electron chi connectivity index (χ2n) is 7.37. The lowest BCUT2D eigenvalue weighted by atomic mass is 10.0. The van der Waals surface area contributed by atoms with Crippen molar-refractivity contribution in [3.63, 3.8) is 0 Å². The minimum absolute atomic E-state index is 0.121. The molecule has 2 amide bonds. The molecule has 1 atom stereocenters. The van der Waals surface area contributed by atoms with Crippen LogP contribution in [-0.4, -0.2) is 59.0 Å². The molecule has 3 heterocycles. The van der Waals surface area contributed by atoms with Crippen molar-refractivity contribution in [2.24, 2.45) is 0 Å². The standard InChI is InChI=1S/C21H25N3O4S2/c1-14-4-2-3-7-24(14)20(26)13-29-12-19(25)23-21-22-16(11-30-21)15-5-6-17-18(10-15)28-9-8-27-17/h5-6,10-11,14H,2-4,7-9,12-13H2,1H3,(H,22,23,25). The van der Waals surface area contributed by atoms with E-state index in [1.54, 1.807) is 0 Å². The molecule has 1 N–H and O–H groups in total. The number of thioether (sulfide) groups is 1. The van der Waals surface area contributed by atoms with E-state index in [2.05, 4.69) is 17.2 Å². The van der Waals surface area contributed by atoms with Crippen LogP contribution >= 0.6 is 23.1 Å². The van der Waals surface area contributed by atoms with Gasteiger partial charge in [-0.2, -0.15) is 0 Å². The van der Waals surface area contributed by atoms with Crippen molar-refractivity contribution in [1.29, 1.82) is 0 Å². The number of ether oxygens (including phenoxy) is 2. The van der Waals surface area contributed by atoms with Gasteiger partial charge in [0.2, 0.25) is 11.8 Å². The molecule has 160 valence electrons. The number of anilines is 1. The summed E-state index contributed by atoms with van der Waals surface area (Å²) in [6.45, 7) is 4.01. The maximum Gasteiger partial charge on any atom is 0.236 e. The van der Waals surface area contributed by atoms with Gasteiger partial charge in [-0.25, -0.2) is 4.98 Å². The van der Waals surface area contributed by atoms with Crippen LogP contribution in [0.5, 0.6) is 11.5 Å². The van der Waals surface area contributed by atoms with Crippen molar-refractivity contribution in [1.82, 2.24) is 9.88 Å². The van der Waals surface area contributed by atoms with E-state index in [1.165, 1.54) is 29.5 Å². The van der Waals surface area contributed by atoms with Crippen LogP contribution in [-0.2, 0) is 9.59 Å². The SMILES string of the molecule is CC1CCCCN1C(=O)CSCC(=O)Nc1nc(-c2ccc3c(c2)OCCO3)cs1. The number of thiazole rings is 1. The molecule has 1 aromatic heterocycles. The average Bonchev–Trinajstić information content (AvgIpc) is 3.22. The highest BCUT2D eigenvalue weighted by Crippen LogP contribution is 2.35. The van der Waals surface area contributed by atoms with Gasteiger partial charge in [-0.15, -0.1) is 23.1 Å². The number of likely N-dealkylation sites (tertiary alicyclic amines) is 1. The van der Waals surface area contributed by atoms with Crippen molar-refractivity contribution in [2.75, 3.05) is 36.6 Å². The number of hydrogen-bond donors (Lipinski definition) is 1. The molecule has 7 nitrogen and oxygen atoms in total. The molecular formula is C21H25N3O4S2. The number of benzene rings is 1. The van der Waals surface area contributed by atoms with Gasteiger partial charge in [0.05, 0.1) is 17.2 Å². The summed E-state index contributed by atoms with van der Waals surface area (Å²) in [6.07, 6.45) is 3.31. The Bertz CT molecular complexity index is 917. The van der Waals surface area contributed by atoms with E-state index in [4.69, 9.17) is 9.47 Å². The van der Waals surface area contributed by atoms with Crippen molar-refractivity contribution >= 4 is 40.0 Å². The van der Waals surface area contributed by atoms with Gasteiger partial charge < -0.3 is 19.7 Å². The molecule has 1 aromatic carbocycles. The summed E-state index contributed by atoms with van der Waals surface area (Å²) in [5, 5.41) is 5.26. The molecule has 0 radical (unpaired) electrons. The van der Waals surface area contributed by atoms with Gasteiger partial charge in [-0.1, -0.05) is 0 Å². The molecule has 0 saturated carbocycles. The molecular weight excluding hydrogens is 422 g/mol. The molecule has 2 aliphatic rings. The van der Waals surface area contributed by atoms with Gasteiger partial charge in [0.15, 0.2) is 16.6 Å². The highest BCUT2D eigenvalue weighted by Gasteiger charge is 2.23. The number of fused-ring (bicyclic) bond motifs is 1. The molecule has 0 aliphatic carbocycles. The predicted molar refractivity (Wildman–Crippen MR) is 120 cm³/mol. The molecule has 2 aromatic rings. The van der Waals surface area contributed by atoms with Gasteiger partial charge >= 0.3 is 0 Å². The average molecular weight is 448 g/mol. The Morgan fingerprint density at radius 1 is 1.23 bits per heavy atom. The van der Waals surface area contributed by atoms with Gasteiger partial charge in [0.1, 0.15) is 13.2 Å². The summed E-state index contributed by atoms with van der Waals surface area (Å²) in [6, 6.07) is 6.00. The largest absolute Gasteiger partial charge is 0.486 e. The Labute approximate surface area is 184 Å². The second kappa shape index (κ2) is 9.70. The van der Waals surface area contributed by atoms with Crippen LogP contribution in [0, 0.1) is 0 Å². The van der Waals surface area contributed by atoms with E-state index in [9.17, 15) is 9.59 Å². The van der Waals surface area contributed by atoms with Crippen LogP contribution in [0.4, 0.5) is 5.13 Å².